The molecule has 1 N–H and O–H groups in total. The average molecular weight is 472 g/mol. The van der Waals surface area contributed by atoms with Crippen LogP contribution in [-0.4, -0.2) is 28.0 Å². The van der Waals surface area contributed by atoms with Crippen LogP contribution in [0, 0.1) is 0 Å². The van der Waals surface area contributed by atoms with E-state index in [1.807, 2.05) is 54.6 Å². The van der Waals surface area contributed by atoms with Gasteiger partial charge in [-0.15, -0.1) is 11.3 Å². The number of ether oxygens (including phenoxy) is 1. The van der Waals surface area contributed by atoms with Crippen LogP contribution in [0.15, 0.2) is 66.7 Å². The van der Waals surface area contributed by atoms with E-state index >= 15 is 0 Å². The second kappa shape index (κ2) is 9.65. The summed E-state index contributed by atoms with van der Waals surface area (Å²) < 4.78 is 8.58. The predicted molar refractivity (Wildman–Crippen MR) is 137 cm³/mol. The third kappa shape index (κ3) is 4.52. The number of nitrogens with one attached hydrogen (secondary N) is 1. The molecule has 6 nitrogen and oxygen atoms in total. The lowest BCUT2D eigenvalue weighted by atomic mass is 10.1. The van der Waals surface area contributed by atoms with E-state index in [9.17, 15) is 9.59 Å². The number of para-hydroxylation sites is 2. The van der Waals surface area contributed by atoms with Crippen LogP contribution in [0.1, 0.15) is 24.8 Å². The number of anilines is 1. The molecule has 5 aromatic rings. The summed E-state index contributed by atoms with van der Waals surface area (Å²) in [6.07, 6.45) is 1.61. The minimum absolute atomic E-state index is 0.256. The summed E-state index contributed by atoms with van der Waals surface area (Å²) >= 11 is 1.64. The lowest BCUT2D eigenvalue weighted by Gasteiger charge is -2.08. The van der Waals surface area contributed by atoms with E-state index in [4.69, 9.17) is 4.74 Å². The second-order valence-electron chi connectivity index (χ2n) is 8.13. The molecule has 0 spiro atoms. The van der Waals surface area contributed by atoms with Crippen LogP contribution in [0.4, 0.5) is 5.69 Å². The standard InChI is InChI=1S/C27H25N3O3S/c1-2-30-22-10-5-3-8-19(22)20-16-18(14-15-23(20)30)28-25(31)17-33-27(32)13-7-12-26-29-21-9-4-6-11-24(21)34-26/h3-6,8-11,14-16H,2,7,12-13,17H2,1H3,(H,28,31). The first kappa shape index (κ1) is 22.1. The Morgan fingerprint density at radius 2 is 1.79 bits per heavy atom. The molecule has 0 saturated heterocycles. The Labute approximate surface area is 201 Å². The van der Waals surface area contributed by atoms with E-state index in [0.29, 0.717) is 18.5 Å². The van der Waals surface area contributed by atoms with E-state index < -0.39 is 0 Å². The normalized spacial score (nSPS) is 11.3. The predicted octanol–water partition coefficient (Wildman–Crippen LogP) is 5.93. The molecule has 0 aliphatic rings. The van der Waals surface area contributed by atoms with E-state index in [2.05, 4.69) is 33.9 Å². The van der Waals surface area contributed by atoms with Crippen LogP contribution in [0.3, 0.4) is 0 Å². The zero-order chi connectivity index (χ0) is 23.5. The van der Waals surface area contributed by atoms with Gasteiger partial charge < -0.3 is 14.6 Å². The number of benzene rings is 3. The zero-order valence-corrected chi connectivity index (χ0v) is 19.7. The molecular weight excluding hydrogens is 446 g/mol. The molecule has 0 fully saturated rings. The van der Waals surface area contributed by atoms with Crippen molar-refractivity contribution in [1.29, 1.82) is 0 Å². The van der Waals surface area contributed by atoms with Gasteiger partial charge in [0.05, 0.1) is 15.2 Å². The highest BCUT2D eigenvalue weighted by atomic mass is 32.1. The number of thiazole rings is 1. The van der Waals surface area contributed by atoms with Gasteiger partial charge in [-0.3, -0.25) is 9.59 Å². The number of nitrogens with zero attached hydrogens (tertiary/aromatic N) is 2. The number of carbonyl (C=O) groups is 2. The van der Waals surface area contributed by atoms with Crippen molar-refractivity contribution < 1.29 is 14.3 Å². The van der Waals surface area contributed by atoms with E-state index in [-0.39, 0.29) is 24.9 Å². The van der Waals surface area contributed by atoms with E-state index in [0.717, 1.165) is 38.1 Å². The zero-order valence-electron chi connectivity index (χ0n) is 18.9. The van der Waals surface area contributed by atoms with Crippen molar-refractivity contribution >= 4 is 60.9 Å². The third-order valence-electron chi connectivity index (χ3n) is 5.85. The number of amides is 1. The van der Waals surface area contributed by atoms with Crippen molar-refractivity contribution in [3.8, 4) is 0 Å². The Hall–Kier alpha value is -3.71. The first-order valence-corrected chi connectivity index (χ1v) is 12.2. The van der Waals surface area contributed by atoms with Gasteiger partial charge in [0, 0.05) is 40.5 Å². The molecule has 2 heterocycles. The first-order chi connectivity index (χ1) is 16.6. The van der Waals surface area contributed by atoms with Gasteiger partial charge in [0.1, 0.15) is 0 Å². The topological polar surface area (TPSA) is 73.2 Å². The van der Waals surface area contributed by atoms with Gasteiger partial charge in [0.15, 0.2) is 6.61 Å². The molecule has 3 aromatic carbocycles. The maximum Gasteiger partial charge on any atom is 0.306 e. The van der Waals surface area contributed by atoms with Gasteiger partial charge in [0.2, 0.25) is 0 Å². The summed E-state index contributed by atoms with van der Waals surface area (Å²) in [5.74, 6) is -0.726. The van der Waals surface area contributed by atoms with Crippen LogP contribution in [0.5, 0.6) is 0 Å². The highest BCUT2D eigenvalue weighted by Crippen LogP contribution is 2.31. The number of esters is 1. The number of fused-ring (bicyclic) bond motifs is 4. The number of carbonyl (C=O) groups excluding carboxylic acids is 2. The molecule has 0 unspecified atom stereocenters. The summed E-state index contributed by atoms with van der Waals surface area (Å²) in [6.45, 7) is 2.69. The molecule has 0 saturated carbocycles. The van der Waals surface area contributed by atoms with Crippen LogP contribution in [0.2, 0.25) is 0 Å². The van der Waals surface area contributed by atoms with Crippen molar-refractivity contribution in [3.05, 3.63) is 71.7 Å². The fourth-order valence-corrected chi connectivity index (χ4v) is 5.31. The van der Waals surface area contributed by atoms with Crippen LogP contribution in [-0.2, 0) is 27.3 Å². The molecule has 2 aromatic heterocycles. The summed E-state index contributed by atoms with van der Waals surface area (Å²) in [5.41, 5.74) is 3.96. The maximum absolute atomic E-state index is 12.4. The summed E-state index contributed by atoms with van der Waals surface area (Å²) in [5, 5.41) is 6.08. The molecule has 7 heteroatoms. The van der Waals surface area contributed by atoms with Gasteiger partial charge in [-0.05, 0) is 56.2 Å². The van der Waals surface area contributed by atoms with Crippen molar-refractivity contribution in [2.45, 2.75) is 32.7 Å². The number of hydrogen-bond donors (Lipinski definition) is 1. The molecule has 0 atom stereocenters. The molecule has 0 bridgehead atoms. The molecule has 0 aliphatic carbocycles. The quantitative estimate of drug-likeness (QED) is 0.285. The Balaban J connectivity index is 1.14. The highest BCUT2D eigenvalue weighted by molar-refractivity contribution is 7.18. The Morgan fingerprint density at radius 1 is 1.00 bits per heavy atom. The number of rotatable bonds is 8. The van der Waals surface area contributed by atoms with Crippen molar-refractivity contribution in [2.24, 2.45) is 0 Å². The van der Waals surface area contributed by atoms with Gasteiger partial charge in [-0.25, -0.2) is 4.98 Å². The van der Waals surface area contributed by atoms with Gasteiger partial charge in [0.25, 0.3) is 5.91 Å². The molecule has 1 amide bonds. The average Bonchev–Trinajstić information content (AvgIpc) is 3.41. The summed E-state index contributed by atoms with van der Waals surface area (Å²) in [6, 6.07) is 22.1. The minimum atomic E-state index is -0.377. The number of hydrogen-bond acceptors (Lipinski definition) is 5. The van der Waals surface area contributed by atoms with Crippen LogP contribution in [0.25, 0.3) is 32.0 Å². The Bertz CT molecular complexity index is 1470. The smallest absolute Gasteiger partial charge is 0.306 e. The number of aromatic nitrogens is 2. The fourth-order valence-electron chi connectivity index (χ4n) is 4.30. The summed E-state index contributed by atoms with van der Waals surface area (Å²) in [7, 11) is 0. The third-order valence-corrected chi connectivity index (χ3v) is 6.94. The number of aryl methyl sites for hydroxylation is 2. The second-order valence-corrected chi connectivity index (χ2v) is 9.25. The fraction of sp³-hybridized carbons (Fsp3) is 0.222. The minimum Gasteiger partial charge on any atom is -0.456 e. The lowest BCUT2D eigenvalue weighted by molar-refractivity contribution is -0.147. The monoisotopic (exact) mass is 471 g/mol. The molecule has 5 rings (SSSR count). The van der Waals surface area contributed by atoms with Crippen molar-refractivity contribution in [3.63, 3.8) is 0 Å². The molecule has 0 radical (unpaired) electrons. The van der Waals surface area contributed by atoms with Gasteiger partial charge in [-0.2, -0.15) is 0 Å². The highest BCUT2D eigenvalue weighted by Gasteiger charge is 2.12. The summed E-state index contributed by atoms with van der Waals surface area (Å²) in [4.78, 5) is 29.0. The first-order valence-electron chi connectivity index (χ1n) is 11.4. The van der Waals surface area contributed by atoms with E-state index in [1.165, 1.54) is 5.52 Å². The molecule has 0 aliphatic heterocycles. The largest absolute Gasteiger partial charge is 0.456 e. The van der Waals surface area contributed by atoms with Crippen LogP contribution < -0.4 is 5.32 Å². The molecule has 34 heavy (non-hydrogen) atoms. The van der Waals surface area contributed by atoms with E-state index in [1.54, 1.807) is 11.3 Å². The van der Waals surface area contributed by atoms with Crippen molar-refractivity contribution in [2.75, 3.05) is 11.9 Å². The van der Waals surface area contributed by atoms with Gasteiger partial charge >= 0.3 is 5.97 Å². The Morgan fingerprint density at radius 3 is 2.65 bits per heavy atom. The molecule has 172 valence electrons. The van der Waals surface area contributed by atoms with Crippen LogP contribution >= 0.6 is 11.3 Å². The van der Waals surface area contributed by atoms with Crippen molar-refractivity contribution in [1.82, 2.24) is 9.55 Å². The lowest BCUT2D eigenvalue weighted by Crippen LogP contribution is -2.20. The van der Waals surface area contributed by atoms with Gasteiger partial charge in [-0.1, -0.05) is 30.3 Å². The maximum atomic E-state index is 12.4. The molecular formula is C27H25N3O3S. The Kier molecular flexibility index (Phi) is 6.27. The SMILES string of the molecule is CCn1c2ccccc2c2cc(NC(=O)COC(=O)CCCc3nc4ccccc4s3)ccc21.